The second-order valence-electron chi connectivity index (χ2n) is 1.62. The zero-order valence-electron chi connectivity index (χ0n) is 5.93. The Hall–Kier alpha value is -0.590. The topological polar surface area (TPSA) is 75.8 Å². The summed E-state index contributed by atoms with van der Waals surface area (Å²) in [6.45, 7) is 2.14. The van der Waals surface area contributed by atoms with Crippen molar-refractivity contribution < 1.29 is 0 Å². The number of nitrogens with two attached hydrogens (primary N) is 2. The van der Waals surface area contributed by atoms with Crippen LogP contribution in [0.5, 0.6) is 0 Å². The standard InChI is InChI=1S/C6H11N.H4N2/c1-2-3-4-5-6-7;1-2/h2-5H2,1H3;1-2H2. The molecule has 0 rings (SSSR count). The molecular formula is C6H15N3. The summed E-state index contributed by atoms with van der Waals surface area (Å²) >= 11 is 0. The van der Waals surface area contributed by atoms with Crippen LogP contribution in [0.4, 0.5) is 0 Å². The number of hydrogen-bond donors (Lipinski definition) is 2. The summed E-state index contributed by atoms with van der Waals surface area (Å²) in [5.74, 6) is 8.00. The maximum absolute atomic E-state index is 8.04. The predicted octanol–water partition coefficient (Wildman–Crippen LogP) is 0.909. The highest BCUT2D eigenvalue weighted by molar-refractivity contribution is 4.67. The third kappa shape index (κ3) is 18.7. The molecule has 0 heterocycles. The molecule has 0 fully saturated rings. The highest BCUT2D eigenvalue weighted by Gasteiger charge is 1.79. The normalized spacial score (nSPS) is 6.89. The Labute approximate surface area is 56.6 Å². The van der Waals surface area contributed by atoms with Crippen LogP contribution < -0.4 is 11.7 Å². The van der Waals surface area contributed by atoms with Gasteiger partial charge < -0.3 is 0 Å². The van der Waals surface area contributed by atoms with Crippen molar-refractivity contribution in [1.29, 1.82) is 5.26 Å². The summed E-state index contributed by atoms with van der Waals surface area (Å²) < 4.78 is 0. The fourth-order valence-electron chi connectivity index (χ4n) is 0.454. The van der Waals surface area contributed by atoms with Crippen molar-refractivity contribution in [3.8, 4) is 6.07 Å². The Bertz CT molecular complexity index is 65.2. The van der Waals surface area contributed by atoms with Gasteiger partial charge in [-0.2, -0.15) is 5.26 Å². The van der Waals surface area contributed by atoms with Crippen molar-refractivity contribution in [1.82, 2.24) is 0 Å². The molecule has 0 atom stereocenters. The lowest BCUT2D eigenvalue weighted by atomic mass is 10.2. The van der Waals surface area contributed by atoms with E-state index >= 15 is 0 Å². The van der Waals surface area contributed by atoms with Gasteiger partial charge in [0.25, 0.3) is 0 Å². The minimum absolute atomic E-state index is 0.730. The Morgan fingerprint density at radius 2 is 1.89 bits per heavy atom. The van der Waals surface area contributed by atoms with Crippen molar-refractivity contribution in [2.75, 3.05) is 0 Å². The van der Waals surface area contributed by atoms with Crippen molar-refractivity contribution in [3.63, 3.8) is 0 Å². The Balaban J connectivity index is 0. The molecule has 4 N–H and O–H groups in total. The number of nitrogens with zero attached hydrogens (tertiary/aromatic N) is 1. The van der Waals surface area contributed by atoms with Crippen molar-refractivity contribution >= 4 is 0 Å². The van der Waals surface area contributed by atoms with Crippen LogP contribution in [-0.4, -0.2) is 0 Å². The van der Waals surface area contributed by atoms with Crippen molar-refractivity contribution in [2.45, 2.75) is 32.6 Å². The van der Waals surface area contributed by atoms with Gasteiger partial charge in [0.2, 0.25) is 0 Å². The van der Waals surface area contributed by atoms with Crippen LogP contribution in [0.15, 0.2) is 0 Å². The van der Waals surface area contributed by atoms with E-state index in [0.29, 0.717) is 0 Å². The van der Waals surface area contributed by atoms with Crippen LogP contribution in [0.1, 0.15) is 32.6 Å². The molecule has 0 aromatic carbocycles. The number of nitriles is 1. The molecule has 0 amide bonds. The van der Waals surface area contributed by atoms with Gasteiger partial charge in [0.15, 0.2) is 0 Å². The molecule has 0 saturated heterocycles. The maximum Gasteiger partial charge on any atom is 0.0621 e. The lowest BCUT2D eigenvalue weighted by Crippen LogP contribution is -2.02. The third-order valence-corrected chi connectivity index (χ3v) is 0.892. The van der Waals surface area contributed by atoms with E-state index < -0.39 is 0 Å². The number of unbranched alkanes of at least 4 members (excludes halogenated alkanes) is 3. The van der Waals surface area contributed by atoms with Gasteiger partial charge in [-0.15, -0.1) is 0 Å². The quantitative estimate of drug-likeness (QED) is 0.338. The average Bonchev–Trinajstić information content (AvgIpc) is 1.94. The zero-order chi connectivity index (χ0) is 7.54. The monoisotopic (exact) mass is 129 g/mol. The summed E-state index contributed by atoms with van der Waals surface area (Å²) in [5.41, 5.74) is 0. The largest absolute Gasteiger partial charge is 0.274 e. The fraction of sp³-hybridized carbons (Fsp3) is 0.833. The predicted molar refractivity (Wildman–Crippen MR) is 38.1 cm³/mol. The molecule has 0 radical (unpaired) electrons. The molecule has 0 aromatic rings. The SMILES string of the molecule is CCCCCC#N.NN. The molecule has 3 nitrogen and oxygen atoms in total. The first kappa shape index (κ1) is 11.2. The molecule has 0 spiro atoms. The van der Waals surface area contributed by atoms with E-state index in [1.807, 2.05) is 0 Å². The zero-order valence-corrected chi connectivity index (χ0v) is 5.93. The summed E-state index contributed by atoms with van der Waals surface area (Å²) in [5, 5.41) is 8.04. The van der Waals surface area contributed by atoms with Gasteiger partial charge in [-0.05, 0) is 6.42 Å². The van der Waals surface area contributed by atoms with Crippen LogP contribution in [0.2, 0.25) is 0 Å². The third-order valence-electron chi connectivity index (χ3n) is 0.892. The highest BCUT2D eigenvalue weighted by atomic mass is 15.0. The van der Waals surface area contributed by atoms with E-state index in [1.54, 1.807) is 0 Å². The minimum Gasteiger partial charge on any atom is -0.274 e. The number of hydrazine groups is 1. The smallest absolute Gasteiger partial charge is 0.0621 e. The van der Waals surface area contributed by atoms with E-state index in [2.05, 4.69) is 24.7 Å². The molecule has 0 aromatic heterocycles. The van der Waals surface area contributed by atoms with Gasteiger partial charge in [0, 0.05) is 6.42 Å². The molecule has 0 aliphatic heterocycles. The molecule has 3 heteroatoms. The van der Waals surface area contributed by atoms with E-state index in [-0.39, 0.29) is 0 Å². The van der Waals surface area contributed by atoms with Gasteiger partial charge in [0.05, 0.1) is 6.07 Å². The first-order valence-corrected chi connectivity index (χ1v) is 3.12. The second kappa shape index (κ2) is 15.7. The lowest BCUT2D eigenvalue weighted by Gasteiger charge is -1.84. The molecular weight excluding hydrogens is 114 g/mol. The van der Waals surface area contributed by atoms with Crippen molar-refractivity contribution in [2.24, 2.45) is 11.7 Å². The number of rotatable bonds is 3. The van der Waals surface area contributed by atoms with Gasteiger partial charge in [-0.1, -0.05) is 19.8 Å². The van der Waals surface area contributed by atoms with Crippen LogP contribution >= 0.6 is 0 Å². The molecule has 0 aliphatic carbocycles. The summed E-state index contributed by atoms with van der Waals surface area (Å²) in [4.78, 5) is 0. The summed E-state index contributed by atoms with van der Waals surface area (Å²) in [6.07, 6.45) is 4.22. The van der Waals surface area contributed by atoms with Crippen LogP contribution in [0, 0.1) is 11.3 Å². The Morgan fingerprint density at radius 1 is 1.33 bits per heavy atom. The van der Waals surface area contributed by atoms with Crippen molar-refractivity contribution in [3.05, 3.63) is 0 Å². The average molecular weight is 129 g/mol. The fourth-order valence-corrected chi connectivity index (χ4v) is 0.454. The first-order chi connectivity index (χ1) is 4.41. The first-order valence-electron chi connectivity index (χ1n) is 3.12. The van der Waals surface area contributed by atoms with Gasteiger partial charge >= 0.3 is 0 Å². The van der Waals surface area contributed by atoms with E-state index in [0.717, 1.165) is 12.8 Å². The van der Waals surface area contributed by atoms with Crippen LogP contribution in [0.3, 0.4) is 0 Å². The Kier molecular flexibility index (Phi) is 19.5. The second-order valence-corrected chi connectivity index (χ2v) is 1.62. The molecule has 0 bridgehead atoms. The van der Waals surface area contributed by atoms with Gasteiger partial charge in [-0.3, -0.25) is 11.7 Å². The van der Waals surface area contributed by atoms with E-state index in [1.165, 1.54) is 12.8 Å². The van der Waals surface area contributed by atoms with E-state index in [9.17, 15) is 0 Å². The summed E-state index contributed by atoms with van der Waals surface area (Å²) in [6, 6.07) is 2.10. The number of hydrogen-bond acceptors (Lipinski definition) is 3. The molecule has 54 valence electrons. The van der Waals surface area contributed by atoms with E-state index in [4.69, 9.17) is 5.26 Å². The Morgan fingerprint density at radius 3 is 2.22 bits per heavy atom. The molecule has 9 heavy (non-hydrogen) atoms. The summed E-state index contributed by atoms with van der Waals surface area (Å²) in [7, 11) is 0. The van der Waals surface area contributed by atoms with Gasteiger partial charge in [0.1, 0.15) is 0 Å². The lowest BCUT2D eigenvalue weighted by molar-refractivity contribution is 0.734. The molecule has 0 unspecified atom stereocenters. The van der Waals surface area contributed by atoms with Gasteiger partial charge in [-0.25, -0.2) is 0 Å². The molecule has 0 saturated carbocycles. The highest BCUT2D eigenvalue weighted by Crippen LogP contribution is 1.95. The van der Waals surface area contributed by atoms with Crippen LogP contribution in [0.25, 0.3) is 0 Å². The van der Waals surface area contributed by atoms with Crippen LogP contribution in [-0.2, 0) is 0 Å². The minimum atomic E-state index is 0.730. The molecule has 0 aliphatic rings. The maximum atomic E-state index is 8.04.